The molecule has 0 amide bonds. The lowest BCUT2D eigenvalue weighted by atomic mass is 9.90. The minimum Gasteiger partial charge on any atom is -0.508 e. The van der Waals surface area contributed by atoms with Crippen molar-refractivity contribution < 1.29 is 20.1 Å². The Morgan fingerprint density at radius 1 is 1.45 bits per heavy atom. The van der Waals surface area contributed by atoms with Crippen LogP contribution < -0.4 is 0 Å². The summed E-state index contributed by atoms with van der Waals surface area (Å²) in [6, 6.07) is 4.23. The summed E-state index contributed by atoms with van der Waals surface area (Å²) in [6.07, 6.45) is 2.00. The molecular weight excluding hydrogens is 258 g/mol. The lowest BCUT2D eigenvalue weighted by molar-refractivity contribution is -0.151. The Balaban J connectivity index is 2.36. The van der Waals surface area contributed by atoms with E-state index in [1.807, 2.05) is 18.7 Å². The number of hydrogen-bond donors (Lipinski definition) is 3. The van der Waals surface area contributed by atoms with Gasteiger partial charge in [0.1, 0.15) is 17.0 Å². The van der Waals surface area contributed by atoms with E-state index in [-0.39, 0.29) is 17.5 Å². The molecule has 1 aliphatic heterocycles. The van der Waals surface area contributed by atoms with Crippen LogP contribution in [0.3, 0.4) is 0 Å². The van der Waals surface area contributed by atoms with Gasteiger partial charge in [0.2, 0.25) is 0 Å². The second kappa shape index (κ2) is 5.32. The fourth-order valence-electron chi connectivity index (χ4n) is 3.28. The number of phenolic OH excluding ortho intramolecular Hbond substituents is 2. The zero-order valence-electron chi connectivity index (χ0n) is 11.8. The molecule has 0 spiro atoms. The first-order valence-electron chi connectivity index (χ1n) is 6.94. The Labute approximate surface area is 118 Å². The quantitative estimate of drug-likeness (QED) is 0.789. The van der Waals surface area contributed by atoms with E-state index in [1.54, 1.807) is 6.07 Å². The van der Waals surface area contributed by atoms with Crippen LogP contribution in [0.5, 0.6) is 11.5 Å². The molecule has 0 bridgehead atoms. The summed E-state index contributed by atoms with van der Waals surface area (Å²) in [5, 5.41) is 28.9. The Morgan fingerprint density at radius 3 is 2.70 bits per heavy atom. The molecule has 5 nitrogen and oxygen atoms in total. The summed E-state index contributed by atoms with van der Waals surface area (Å²) in [4.78, 5) is 13.6. The van der Waals surface area contributed by atoms with Crippen molar-refractivity contribution >= 4 is 5.97 Å². The maximum atomic E-state index is 11.7. The number of likely N-dealkylation sites (tertiary alicyclic amines) is 1. The number of hydrogen-bond acceptors (Lipinski definition) is 4. The minimum atomic E-state index is -0.857. The van der Waals surface area contributed by atoms with E-state index >= 15 is 0 Å². The first kappa shape index (κ1) is 14.7. The molecule has 1 aliphatic rings. The number of benzene rings is 1. The molecule has 0 aliphatic carbocycles. The molecule has 0 aromatic heterocycles. The summed E-state index contributed by atoms with van der Waals surface area (Å²) in [5.41, 5.74) is -0.215. The van der Waals surface area contributed by atoms with Crippen molar-refractivity contribution in [1.29, 1.82) is 0 Å². The summed E-state index contributed by atoms with van der Waals surface area (Å²) >= 11 is 0. The van der Waals surface area contributed by atoms with E-state index in [2.05, 4.69) is 0 Å². The van der Waals surface area contributed by atoms with E-state index in [0.717, 1.165) is 6.42 Å². The lowest BCUT2D eigenvalue weighted by Crippen LogP contribution is -2.50. The Morgan fingerprint density at radius 2 is 2.15 bits per heavy atom. The van der Waals surface area contributed by atoms with Crippen LogP contribution in [0, 0.1) is 0 Å². The smallest absolute Gasteiger partial charge is 0.324 e. The number of aliphatic carboxylic acids is 1. The maximum absolute atomic E-state index is 11.7. The van der Waals surface area contributed by atoms with Gasteiger partial charge in [-0.2, -0.15) is 0 Å². The third-order valence-electron chi connectivity index (χ3n) is 4.45. The van der Waals surface area contributed by atoms with Crippen LogP contribution in [0.25, 0.3) is 0 Å². The van der Waals surface area contributed by atoms with E-state index in [1.165, 1.54) is 12.1 Å². The number of carboxylic acids is 1. The molecule has 0 radical (unpaired) electrons. The highest BCUT2D eigenvalue weighted by atomic mass is 16.4. The van der Waals surface area contributed by atoms with Crippen molar-refractivity contribution in [2.45, 2.75) is 44.7 Å². The van der Waals surface area contributed by atoms with Gasteiger partial charge >= 0.3 is 5.97 Å². The molecule has 3 N–H and O–H groups in total. The molecule has 2 atom stereocenters. The van der Waals surface area contributed by atoms with Gasteiger partial charge in [-0.05, 0) is 38.8 Å². The topological polar surface area (TPSA) is 81.0 Å². The first-order valence-corrected chi connectivity index (χ1v) is 6.94. The standard InChI is InChI=1S/C15H21NO4/c1-3-15(14(19)20)7-4-8-16(15)10(2)12-6-5-11(17)9-13(12)18/h5-6,9-10,17-18H,3-4,7-8H2,1-2H3,(H,19,20). The highest BCUT2D eigenvalue weighted by molar-refractivity contribution is 5.79. The van der Waals surface area contributed by atoms with Gasteiger partial charge in [-0.1, -0.05) is 13.0 Å². The monoisotopic (exact) mass is 279 g/mol. The maximum Gasteiger partial charge on any atom is 0.324 e. The van der Waals surface area contributed by atoms with E-state index in [4.69, 9.17) is 0 Å². The van der Waals surface area contributed by atoms with Gasteiger partial charge in [0, 0.05) is 17.7 Å². The second-order valence-electron chi connectivity index (χ2n) is 5.41. The number of aromatic hydroxyl groups is 2. The summed E-state index contributed by atoms with van der Waals surface area (Å²) in [6.45, 7) is 4.47. The largest absolute Gasteiger partial charge is 0.508 e. The van der Waals surface area contributed by atoms with Gasteiger partial charge in [-0.3, -0.25) is 9.69 Å². The molecular formula is C15H21NO4. The van der Waals surface area contributed by atoms with Gasteiger partial charge in [0.15, 0.2) is 0 Å². The predicted octanol–water partition coefficient (Wildman–Crippen LogP) is 2.49. The van der Waals surface area contributed by atoms with Gasteiger partial charge < -0.3 is 15.3 Å². The molecule has 1 aromatic rings. The Bertz CT molecular complexity index is 517. The normalized spacial score (nSPS) is 24.7. The van der Waals surface area contributed by atoms with E-state index in [9.17, 15) is 20.1 Å². The van der Waals surface area contributed by atoms with Gasteiger partial charge in [-0.25, -0.2) is 0 Å². The number of carboxylic acid groups (broad SMARTS) is 1. The second-order valence-corrected chi connectivity index (χ2v) is 5.41. The average molecular weight is 279 g/mol. The molecule has 0 saturated carbocycles. The molecule has 2 rings (SSSR count). The number of nitrogens with zero attached hydrogens (tertiary/aromatic N) is 1. The van der Waals surface area contributed by atoms with E-state index < -0.39 is 11.5 Å². The van der Waals surface area contributed by atoms with Crippen molar-refractivity contribution in [3.8, 4) is 11.5 Å². The van der Waals surface area contributed by atoms with Gasteiger partial charge in [-0.15, -0.1) is 0 Å². The summed E-state index contributed by atoms with van der Waals surface area (Å²) < 4.78 is 0. The number of rotatable bonds is 4. The molecule has 1 fully saturated rings. The molecule has 20 heavy (non-hydrogen) atoms. The molecule has 1 heterocycles. The SMILES string of the molecule is CCC1(C(=O)O)CCCN1C(C)c1ccc(O)cc1O. The summed E-state index contributed by atoms with van der Waals surface area (Å²) in [5.74, 6) is -0.803. The van der Waals surface area contributed by atoms with Crippen molar-refractivity contribution in [1.82, 2.24) is 4.90 Å². The summed E-state index contributed by atoms with van der Waals surface area (Å²) in [7, 11) is 0. The number of carbonyl (C=O) groups is 1. The third-order valence-corrected chi connectivity index (χ3v) is 4.45. The molecule has 2 unspecified atom stereocenters. The minimum absolute atomic E-state index is 0.000128. The average Bonchev–Trinajstić information content (AvgIpc) is 2.83. The number of phenols is 2. The van der Waals surface area contributed by atoms with Crippen LogP contribution in [-0.2, 0) is 4.79 Å². The Kier molecular flexibility index (Phi) is 3.90. The van der Waals surface area contributed by atoms with Gasteiger partial charge in [0.25, 0.3) is 0 Å². The lowest BCUT2D eigenvalue weighted by Gasteiger charge is -2.38. The zero-order chi connectivity index (χ0) is 14.9. The van der Waals surface area contributed by atoms with Gasteiger partial charge in [0.05, 0.1) is 0 Å². The fraction of sp³-hybridized carbons (Fsp3) is 0.533. The molecule has 5 heteroatoms. The predicted molar refractivity (Wildman–Crippen MR) is 74.8 cm³/mol. The van der Waals surface area contributed by atoms with Crippen LogP contribution in [0.2, 0.25) is 0 Å². The van der Waals surface area contributed by atoms with Crippen LogP contribution in [-0.4, -0.2) is 38.3 Å². The van der Waals surface area contributed by atoms with Crippen molar-refractivity contribution in [2.75, 3.05) is 6.54 Å². The first-order chi connectivity index (χ1) is 9.42. The fourth-order valence-corrected chi connectivity index (χ4v) is 3.28. The Hall–Kier alpha value is -1.75. The van der Waals surface area contributed by atoms with Crippen LogP contribution in [0.1, 0.15) is 44.7 Å². The molecule has 1 aromatic carbocycles. The van der Waals surface area contributed by atoms with Crippen molar-refractivity contribution in [2.24, 2.45) is 0 Å². The molecule has 110 valence electrons. The van der Waals surface area contributed by atoms with Crippen LogP contribution in [0.15, 0.2) is 18.2 Å². The van der Waals surface area contributed by atoms with E-state index in [0.29, 0.717) is 24.9 Å². The highest BCUT2D eigenvalue weighted by Crippen LogP contribution is 2.41. The molecule has 1 saturated heterocycles. The van der Waals surface area contributed by atoms with Crippen molar-refractivity contribution in [3.05, 3.63) is 23.8 Å². The van der Waals surface area contributed by atoms with Crippen molar-refractivity contribution in [3.63, 3.8) is 0 Å². The third kappa shape index (κ3) is 2.22. The van der Waals surface area contributed by atoms with Crippen LogP contribution >= 0.6 is 0 Å². The zero-order valence-corrected chi connectivity index (χ0v) is 11.8. The van der Waals surface area contributed by atoms with Crippen LogP contribution in [0.4, 0.5) is 0 Å². The highest BCUT2D eigenvalue weighted by Gasteiger charge is 2.48.